The molecule has 1 aliphatic heterocycles. The van der Waals surface area contributed by atoms with E-state index < -0.39 is 6.10 Å². The minimum absolute atomic E-state index is 0.0758. The molecule has 0 radical (unpaired) electrons. The van der Waals surface area contributed by atoms with Crippen LogP contribution in [0, 0.1) is 5.41 Å². The molecular weight excluding hydrogens is 352 g/mol. The van der Waals surface area contributed by atoms with Gasteiger partial charge in [-0.15, -0.1) is 0 Å². The van der Waals surface area contributed by atoms with E-state index in [0.29, 0.717) is 6.61 Å². The van der Waals surface area contributed by atoms with Gasteiger partial charge < -0.3 is 19.3 Å². The summed E-state index contributed by atoms with van der Waals surface area (Å²) in [7, 11) is 0. The summed E-state index contributed by atoms with van der Waals surface area (Å²) in [5.41, 5.74) is 2.57. The standard InChI is InChI=1S/C24H32O4/c1-4-24(17-27-18-24)16-26-14-21(25)15-28-22-12-10-20(11-13-22)23(2,3)19-8-6-5-7-9-19/h5-13,21,25H,4,14-18H2,1-3H3. The zero-order chi connectivity index (χ0) is 20.0. The molecule has 0 aliphatic carbocycles. The number of hydrogen-bond acceptors (Lipinski definition) is 4. The first-order valence-electron chi connectivity index (χ1n) is 10.1. The van der Waals surface area contributed by atoms with Gasteiger partial charge in [0.25, 0.3) is 0 Å². The smallest absolute Gasteiger partial charge is 0.119 e. The molecule has 152 valence electrons. The monoisotopic (exact) mass is 384 g/mol. The number of aliphatic hydroxyl groups is 1. The number of ether oxygens (including phenoxy) is 3. The Balaban J connectivity index is 1.46. The maximum atomic E-state index is 10.1. The molecular formula is C24H32O4. The highest BCUT2D eigenvalue weighted by molar-refractivity contribution is 5.39. The van der Waals surface area contributed by atoms with Crippen molar-refractivity contribution in [3.8, 4) is 5.75 Å². The fourth-order valence-electron chi connectivity index (χ4n) is 3.42. The molecule has 1 heterocycles. The molecule has 1 atom stereocenters. The molecule has 0 saturated carbocycles. The highest BCUT2D eigenvalue weighted by Crippen LogP contribution is 2.32. The third kappa shape index (κ3) is 4.93. The lowest BCUT2D eigenvalue weighted by molar-refractivity contribution is -0.156. The van der Waals surface area contributed by atoms with E-state index in [-0.39, 0.29) is 24.0 Å². The van der Waals surface area contributed by atoms with Crippen LogP contribution in [-0.4, -0.2) is 44.2 Å². The summed E-state index contributed by atoms with van der Waals surface area (Å²) >= 11 is 0. The first-order valence-corrected chi connectivity index (χ1v) is 10.1. The molecule has 1 unspecified atom stereocenters. The van der Waals surface area contributed by atoms with Crippen molar-refractivity contribution < 1.29 is 19.3 Å². The Hall–Kier alpha value is -1.88. The van der Waals surface area contributed by atoms with Crippen molar-refractivity contribution >= 4 is 0 Å². The van der Waals surface area contributed by atoms with Crippen molar-refractivity contribution in [2.45, 2.75) is 38.7 Å². The maximum absolute atomic E-state index is 10.1. The molecule has 1 fully saturated rings. The van der Waals surface area contributed by atoms with Crippen LogP contribution in [0.5, 0.6) is 5.75 Å². The predicted molar refractivity (Wildman–Crippen MR) is 111 cm³/mol. The summed E-state index contributed by atoms with van der Waals surface area (Å²) < 4.78 is 16.7. The summed E-state index contributed by atoms with van der Waals surface area (Å²) in [4.78, 5) is 0. The van der Waals surface area contributed by atoms with Crippen LogP contribution in [0.25, 0.3) is 0 Å². The number of hydrogen-bond donors (Lipinski definition) is 1. The minimum Gasteiger partial charge on any atom is -0.491 e. The fraction of sp³-hybridized carbons (Fsp3) is 0.500. The number of benzene rings is 2. The van der Waals surface area contributed by atoms with Gasteiger partial charge in [-0.25, -0.2) is 0 Å². The van der Waals surface area contributed by atoms with Crippen LogP contribution in [0.2, 0.25) is 0 Å². The molecule has 0 bridgehead atoms. The van der Waals surface area contributed by atoms with Gasteiger partial charge in [-0.05, 0) is 29.7 Å². The third-order valence-corrected chi connectivity index (χ3v) is 5.80. The number of rotatable bonds is 10. The Morgan fingerprint density at radius 2 is 1.64 bits per heavy atom. The van der Waals surface area contributed by atoms with E-state index in [1.165, 1.54) is 11.1 Å². The van der Waals surface area contributed by atoms with E-state index in [0.717, 1.165) is 25.4 Å². The van der Waals surface area contributed by atoms with Gasteiger partial charge in [0, 0.05) is 10.8 Å². The second-order valence-corrected chi connectivity index (χ2v) is 8.34. The molecule has 1 saturated heterocycles. The zero-order valence-electron chi connectivity index (χ0n) is 17.2. The van der Waals surface area contributed by atoms with Crippen LogP contribution in [0.3, 0.4) is 0 Å². The zero-order valence-corrected chi connectivity index (χ0v) is 17.2. The normalized spacial score (nSPS) is 17.0. The Labute approximate surface area is 168 Å². The van der Waals surface area contributed by atoms with Gasteiger partial charge in [0.2, 0.25) is 0 Å². The summed E-state index contributed by atoms with van der Waals surface area (Å²) in [5.74, 6) is 0.754. The van der Waals surface area contributed by atoms with Crippen LogP contribution in [0.15, 0.2) is 54.6 Å². The molecule has 2 aromatic carbocycles. The van der Waals surface area contributed by atoms with Gasteiger partial charge in [0.05, 0.1) is 26.4 Å². The van der Waals surface area contributed by atoms with Gasteiger partial charge in [-0.1, -0.05) is 63.2 Å². The Kier molecular flexibility index (Phi) is 6.76. The van der Waals surface area contributed by atoms with Crippen LogP contribution in [0.4, 0.5) is 0 Å². The second kappa shape index (κ2) is 9.08. The molecule has 0 amide bonds. The Morgan fingerprint density at radius 3 is 2.21 bits per heavy atom. The second-order valence-electron chi connectivity index (χ2n) is 8.34. The van der Waals surface area contributed by atoms with Crippen molar-refractivity contribution in [2.75, 3.05) is 33.0 Å². The van der Waals surface area contributed by atoms with Crippen molar-refractivity contribution in [3.63, 3.8) is 0 Å². The van der Waals surface area contributed by atoms with Gasteiger partial charge in [0.1, 0.15) is 18.5 Å². The average molecular weight is 385 g/mol. The predicted octanol–water partition coefficient (Wildman–Crippen LogP) is 4.20. The van der Waals surface area contributed by atoms with E-state index in [1.54, 1.807) is 0 Å². The summed E-state index contributed by atoms with van der Waals surface area (Å²) in [6.07, 6.45) is 0.390. The van der Waals surface area contributed by atoms with Gasteiger partial charge in [0.15, 0.2) is 0 Å². The van der Waals surface area contributed by atoms with Gasteiger partial charge in [-0.3, -0.25) is 0 Å². The van der Waals surface area contributed by atoms with Crippen LogP contribution in [-0.2, 0) is 14.9 Å². The quantitative estimate of drug-likeness (QED) is 0.667. The highest BCUT2D eigenvalue weighted by Gasteiger charge is 2.37. The minimum atomic E-state index is -0.643. The van der Waals surface area contributed by atoms with E-state index in [9.17, 15) is 5.11 Å². The van der Waals surface area contributed by atoms with Crippen LogP contribution in [0.1, 0.15) is 38.3 Å². The molecule has 1 N–H and O–H groups in total. The SMILES string of the molecule is CCC1(COCC(O)COc2ccc(C(C)(C)c3ccccc3)cc2)COC1. The van der Waals surface area contributed by atoms with Crippen molar-refractivity contribution in [1.29, 1.82) is 0 Å². The molecule has 4 nitrogen and oxygen atoms in total. The number of aliphatic hydroxyl groups excluding tert-OH is 1. The van der Waals surface area contributed by atoms with Gasteiger partial charge >= 0.3 is 0 Å². The first-order chi connectivity index (χ1) is 13.5. The summed E-state index contributed by atoms with van der Waals surface area (Å²) in [6.45, 7) is 9.21. The van der Waals surface area contributed by atoms with E-state index >= 15 is 0 Å². The lowest BCUT2D eigenvalue weighted by Gasteiger charge is -2.40. The molecule has 1 aliphatic rings. The molecule has 4 heteroatoms. The van der Waals surface area contributed by atoms with E-state index in [1.807, 2.05) is 18.2 Å². The van der Waals surface area contributed by atoms with Gasteiger partial charge in [-0.2, -0.15) is 0 Å². The lowest BCUT2D eigenvalue weighted by atomic mass is 9.78. The van der Waals surface area contributed by atoms with Crippen molar-refractivity contribution in [2.24, 2.45) is 5.41 Å². The molecule has 28 heavy (non-hydrogen) atoms. The fourth-order valence-corrected chi connectivity index (χ4v) is 3.42. The van der Waals surface area contributed by atoms with E-state index in [2.05, 4.69) is 57.2 Å². The summed E-state index contributed by atoms with van der Waals surface area (Å²) in [5, 5.41) is 10.1. The average Bonchev–Trinajstić information content (AvgIpc) is 2.69. The Bertz CT molecular complexity index is 715. The van der Waals surface area contributed by atoms with Crippen LogP contribution < -0.4 is 4.74 Å². The highest BCUT2D eigenvalue weighted by atomic mass is 16.5. The molecule has 0 aromatic heterocycles. The molecule has 2 aromatic rings. The first kappa shape index (κ1) is 20.8. The summed E-state index contributed by atoms with van der Waals surface area (Å²) in [6, 6.07) is 18.6. The Morgan fingerprint density at radius 1 is 1.00 bits per heavy atom. The van der Waals surface area contributed by atoms with Crippen LogP contribution >= 0.6 is 0 Å². The lowest BCUT2D eigenvalue weighted by Crippen LogP contribution is -2.46. The maximum Gasteiger partial charge on any atom is 0.119 e. The molecule has 0 spiro atoms. The van der Waals surface area contributed by atoms with Crippen molar-refractivity contribution in [3.05, 3.63) is 65.7 Å². The van der Waals surface area contributed by atoms with E-state index in [4.69, 9.17) is 14.2 Å². The third-order valence-electron chi connectivity index (χ3n) is 5.80. The topological polar surface area (TPSA) is 47.9 Å². The molecule has 3 rings (SSSR count). The van der Waals surface area contributed by atoms with Crippen molar-refractivity contribution in [1.82, 2.24) is 0 Å². The largest absolute Gasteiger partial charge is 0.491 e.